The van der Waals surface area contributed by atoms with Gasteiger partial charge < -0.3 is 11.5 Å². The van der Waals surface area contributed by atoms with E-state index in [0.717, 1.165) is 12.1 Å². The van der Waals surface area contributed by atoms with Gasteiger partial charge in [0.2, 0.25) is 15.9 Å². The Morgan fingerprint density at radius 2 is 2.00 bits per heavy atom. The molecular weight excluding hydrogens is 261 g/mol. The molecule has 0 aliphatic heterocycles. The maximum atomic E-state index is 13.1. The average molecular weight is 275 g/mol. The van der Waals surface area contributed by atoms with Crippen LogP contribution in [0.15, 0.2) is 17.0 Å². The van der Waals surface area contributed by atoms with E-state index in [4.69, 9.17) is 11.5 Å². The van der Waals surface area contributed by atoms with Gasteiger partial charge >= 0.3 is 0 Å². The Kier molecular flexibility index (Phi) is 3.92. The number of nitrogens with one attached hydrogen (secondary N) is 1. The van der Waals surface area contributed by atoms with Crippen molar-refractivity contribution in [3.8, 4) is 0 Å². The second-order valence-corrected chi connectivity index (χ2v) is 5.57. The number of aryl methyl sites for hydroxylation is 1. The molecule has 1 aromatic rings. The van der Waals surface area contributed by atoms with E-state index in [1.54, 1.807) is 0 Å². The van der Waals surface area contributed by atoms with Crippen molar-refractivity contribution in [3.63, 3.8) is 0 Å². The van der Waals surface area contributed by atoms with Gasteiger partial charge in [0.25, 0.3) is 0 Å². The summed E-state index contributed by atoms with van der Waals surface area (Å²) < 4.78 is 39.1. The highest BCUT2D eigenvalue weighted by molar-refractivity contribution is 7.89. The number of carbonyl (C=O) groups is 1. The van der Waals surface area contributed by atoms with Crippen LogP contribution in [0.25, 0.3) is 0 Å². The summed E-state index contributed by atoms with van der Waals surface area (Å²) in [5.41, 5.74) is 10.2. The maximum Gasteiger partial charge on any atom is 0.241 e. The largest absolute Gasteiger partial charge is 0.396 e. The Morgan fingerprint density at radius 3 is 2.50 bits per heavy atom. The van der Waals surface area contributed by atoms with Crippen molar-refractivity contribution < 1.29 is 17.6 Å². The van der Waals surface area contributed by atoms with E-state index < -0.39 is 27.8 Å². The van der Waals surface area contributed by atoms with E-state index in [2.05, 4.69) is 4.72 Å². The summed E-state index contributed by atoms with van der Waals surface area (Å²) in [6.45, 7) is 2.73. The molecule has 0 spiro atoms. The fourth-order valence-corrected chi connectivity index (χ4v) is 2.79. The molecule has 1 rings (SSSR count). The third-order valence-corrected chi connectivity index (χ3v) is 4.03. The quantitative estimate of drug-likeness (QED) is 0.664. The van der Waals surface area contributed by atoms with Crippen LogP contribution in [-0.2, 0) is 14.8 Å². The molecule has 5 N–H and O–H groups in total. The van der Waals surface area contributed by atoms with E-state index in [1.165, 1.54) is 13.8 Å². The molecule has 6 nitrogen and oxygen atoms in total. The SMILES string of the molecule is Cc1cc(F)c(N)cc1S(=O)(=O)NC(C)C(N)=O. The van der Waals surface area contributed by atoms with E-state index in [-0.39, 0.29) is 16.1 Å². The number of primary amides is 1. The lowest BCUT2D eigenvalue weighted by molar-refractivity contribution is -0.119. The minimum absolute atomic E-state index is 0.186. The number of halogens is 1. The Labute approximate surface area is 104 Å². The molecule has 0 fully saturated rings. The molecule has 100 valence electrons. The van der Waals surface area contributed by atoms with Crippen molar-refractivity contribution in [1.82, 2.24) is 4.72 Å². The van der Waals surface area contributed by atoms with Gasteiger partial charge in [0, 0.05) is 0 Å². The normalized spacial score (nSPS) is 13.3. The lowest BCUT2D eigenvalue weighted by Gasteiger charge is -2.13. The van der Waals surface area contributed by atoms with Gasteiger partial charge in [-0.1, -0.05) is 0 Å². The molecule has 0 saturated carbocycles. The number of amides is 1. The third kappa shape index (κ3) is 2.96. The summed E-state index contributed by atoms with van der Waals surface area (Å²) in [6.07, 6.45) is 0. The number of nitrogen functional groups attached to an aromatic ring is 1. The number of hydrogen-bond acceptors (Lipinski definition) is 4. The standard InChI is InChI=1S/C10H14FN3O3S/c1-5-3-7(11)8(12)4-9(5)18(16,17)14-6(2)10(13)15/h3-4,6,14H,12H2,1-2H3,(H2,13,15). The fourth-order valence-electron chi connectivity index (χ4n) is 1.31. The molecule has 0 aromatic heterocycles. The van der Waals surface area contributed by atoms with Crippen molar-refractivity contribution in [2.45, 2.75) is 24.8 Å². The van der Waals surface area contributed by atoms with E-state index in [0.29, 0.717) is 0 Å². The van der Waals surface area contributed by atoms with E-state index in [9.17, 15) is 17.6 Å². The zero-order valence-electron chi connectivity index (χ0n) is 9.90. The fraction of sp³-hybridized carbons (Fsp3) is 0.300. The van der Waals surface area contributed by atoms with E-state index >= 15 is 0 Å². The Balaban J connectivity index is 3.21. The number of carbonyl (C=O) groups excluding carboxylic acids is 1. The molecule has 0 heterocycles. The summed E-state index contributed by atoms with van der Waals surface area (Å²) in [5, 5.41) is 0. The zero-order valence-corrected chi connectivity index (χ0v) is 10.7. The maximum absolute atomic E-state index is 13.1. The number of sulfonamides is 1. The number of hydrogen-bond donors (Lipinski definition) is 3. The van der Waals surface area contributed by atoms with Crippen molar-refractivity contribution in [2.75, 3.05) is 5.73 Å². The number of anilines is 1. The molecular formula is C10H14FN3O3S. The van der Waals surface area contributed by atoms with Crippen LogP contribution in [0.4, 0.5) is 10.1 Å². The van der Waals surface area contributed by atoms with Crippen LogP contribution in [0.5, 0.6) is 0 Å². The molecule has 1 atom stereocenters. The smallest absolute Gasteiger partial charge is 0.241 e. The average Bonchev–Trinajstić information content (AvgIpc) is 2.22. The van der Waals surface area contributed by atoms with Crippen LogP contribution in [0.2, 0.25) is 0 Å². The molecule has 0 saturated heterocycles. The Bertz CT molecular complexity index is 586. The topological polar surface area (TPSA) is 115 Å². The zero-order chi connectivity index (χ0) is 14.1. The van der Waals surface area contributed by atoms with Gasteiger partial charge in [0.15, 0.2) is 0 Å². The number of rotatable bonds is 4. The number of nitrogens with two attached hydrogens (primary N) is 2. The lowest BCUT2D eigenvalue weighted by Crippen LogP contribution is -2.42. The molecule has 1 amide bonds. The summed E-state index contributed by atoms with van der Waals surface area (Å²) in [5.74, 6) is -1.51. The van der Waals surface area contributed by atoms with Crippen LogP contribution in [-0.4, -0.2) is 20.4 Å². The van der Waals surface area contributed by atoms with Crippen molar-refractivity contribution >= 4 is 21.6 Å². The van der Waals surface area contributed by atoms with Crippen LogP contribution in [0.3, 0.4) is 0 Å². The minimum atomic E-state index is -3.97. The van der Waals surface area contributed by atoms with Crippen molar-refractivity contribution in [1.29, 1.82) is 0 Å². The molecule has 8 heteroatoms. The first-order valence-electron chi connectivity index (χ1n) is 5.02. The predicted octanol–water partition coefficient (Wildman–Crippen LogP) is -0.132. The molecule has 18 heavy (non-hydrogen) atoms. The van der Waals surface area contributed by atoms with Gasteiger partial charge in [-0.05, 0) is 31.5 Å². The first kappa shape index (κ1) is 14.4. The monoisotopic (exact) mass is 275 g/mol. The van der Waals surface area contributed by atoms with Crippen LogP contribution >= 0.6 is 0 Å². The lowest BCUT2D eigenvalue weighted by atomic mass is 10.2. The highest BCUT2D eigenvalue weighted by Crippen LogP contribution is 2.21. The molecule has 1 unspecified atom stereocenters. The van der Waals surface area contributed by atoms with Gasteiger partial charge in [-0.15, -0.1) is 0 Å². The van der Waals surface area contributed by atoms with Crippen molar-refractivity contribution in [3.05, 3.63) is 23.5 Å². The minimum Gasteiger partial charge on any atom is -0.396 e. The van der Waals surface area contributed by atoms with Gasteiger partial charge in [-0.25, -0.2) is 12.8 Å². The Hall–Kier alpha value is -1.67. The predicted molar refractivity (Wildman–Crippen MR) is 64.5 cm³/mol. The highest BCUT2D eigenvalue weighted by Gasteiger charge is 2.23. The van der Waals surface area contributed by atoms with Crippen LogP contribution in [0, 0.1) is 12.7 Å². The summed E-state index contributed by atoms with van der Waals surface area (Å²) in [6, 6.07) is 0.945. The summed E-state index contributed by atoms with van der Waals surface area (Å²) in [4.78, 5) is 10.6. The third-order valence-electron chi connectivity index (χ3n) is 2.34. The highest BCUT2D eigenvalue weighted by atomic mass is 32.2. The molecule has 0 aliphatic rings. The molecule has 0 radical (unpaired) electrons. The van der Waals surface area contributed by atoms with Crippen molar-refractivity contribution in [2.24, 2.45) is 5.73 Å². The number of benzene rings is 1. The second kappa shape index (κ2) is 4.91. The molecule has 1 aromatic carbocycles. The molecule has 0 aliphatic carbocycles. The van der Waals surface area contributed by atoms with Crippen LogP contribution in [0.1, 0.15) is 12.5 Å². The van der Waals surface area contributed by atoms with Gasteiger partial charge in [0.05, 0.1) is 16.6 Å². The first-order chi connectivity index (χ1) is 8.15. The summed E-state index contributed by atoms with van der Waals surface area (Å²) in [7, 11) is -3.97. The van der Waals surface area contributed by atoms with Gasteiger partial charge in [-0.3, -0.25) is 4.79 Å². The Morgan fingerprint density at radius 1 is 1.44 bits per heavy atom. The van der Waals surface area contributed by atoms with Gasteiger partial charge in [-0.2, -0.15) is 4.72 Å². The van der Waals surface area contributed by atoms with Gasteiger partial charge in [0.1, 0.15) is 5.82 Å². The first-order valence-corrected chi connectivity index (χ1v) is 6.50. The van der Waals surface area contributed by atoms with E-state index in [1.807, 2.05) is 0 Å². The summed E-state index contributed by atoms with van der Waals surface area (Å²) >= 11 is 0. The molecule has 0 bridgehead atoms. The second-order valence-electron chi connectivity index (χ2n) is 3.88. The van der Waals surface area contributed by atoms with Crippen LogP contribution < -0.4 is 16.2 Å².